The zero-order valence-electron chi connectivity index (χ0n) is 13.5. The summed E-state index contributed by atoms with van der Waals surface area (Å²) in [6.45, 7) is 5.39. The van der Waals surface area contributed by atoms with E-state index in [1.165, 1.54) is 6.08 Å². The molecule has 1 aromatic carbocycles. The maximum atomic E-state index is 12.4. The molecule has 24 heavy (non-hydrogen) atoms. The van der Waals surface area contributed by atoms with Crippen molar-refractivity contribution in [1.29, 1.82) is 0 Å². The quantitative estimate of drug-likeness (QED) is 0.851. The van der Waals surface area contributed by atoms with Crippen LogP contribution in [0.4, 0.5) is 0 Å². The van der Waals surface area contributed by atoms with E-state index in [9.17, 15) is 9.59 Å². The summed E-state index contributed by atoms with van der Waals surface area (Å²) in [6, 6.07) is 5.40. The summed E-state index contributed by atoms with van der Waals surface area (Å²) in [6.07, 6.45) is 3.33. The first-order valence-corrected chi connectivity index (χ1v) is 8.57. The molecule has 1 aromatic rings. The molecule has 2 heterocycles. The lowest BCUT2D eigenvalue weighted by atomic mass is 9.99. The third kappa shape index (κ3) is 3.73. The molecule has 1 fully saturated rings. The number of amides is 2. The molecule has 0 saturated carbocycles. The van der Waals surface area contributed by atoms with Crippen molar-refractivity contribution in [2.45, 2.75) is 25.3 Å². The molecule has 6 heteroatoms. The number of ether oxygens (including phenoxy) is 1. The number of hydrogen-bond acceptors (Lipinski definition) is 3. The monoisotopic (exact) mass is 348 g/mol. The lowest BCUT2D eigenvalue weighted by Crippen LogP contribution is -2.34. The molecule has 0 aromatic heterocycles. The fraction of sp³-hybridized carbons (Fsp3) is 0.444. The van der Waals surface area contributed by atoms with Crippen LogP contribution in [0.15, 0.2) is 30.9 Å². The third-order valence-electron chi connectivity index (χ3n) is 4.59. The van der Waals surface area contributed by atoms with Crippen LogP contribution in [0.2, 0.25) is 5.02 Å². The summed E-state index contributed by atoms with van der Waals surface area (Å²) in [5, 5.41) is 3.72. The first kappa shape index (κ1) is 16.8. The van der Waals surface area contributed by atoms with Gasteiger partial charge in [-0.15, -0.1) is 0 Å². The van der Waals surface area contributed by atoms with Crippen LogP contribution in [0.1, 0.15) is 30.9 Å². The molecule has 128 valence electrons. The zero-order valence-corrected chi connectivity index (χ0v) is 14.2. The number of fused-ring (bicyclic) bond motifs is 1. The van der Waals surface area contributed by atoms with Gasteiger partial charge in [0, 0.05) is 36.5 Å². The molecule has 0 spiro atoms. The highest BCUT2D eigenvalue weighted by Gasteiger charge is 2.28. The highest BCUT2D eigenvalue weighted by Crippen LogP contribution is 2.34. The van der Waals surface area contributed by atoms with E-state index in [-0.39, 0.29) is 23.8 Å². The maximum Gasteiger partial charge on any atom is 0.245 e. The molecule has 2 amide bonds. The first-order valence-electron chi connectivity index (χ1n) is 8.19. The standard InChI is InChI=1S/C18H21ClN2O3/c1-2-18(23)21-7-5-12(11-21)9-17(22)20-15-6-8-24-16-4-3-13(19)10-14(15)16/h2-4,10,12,15H,1,5-9,11H2,(H,20,22). The Kier molecular flexibility index (Phi) is 5.09. The molecule has 0 bridgehead atoms. The Balaban J connectivity index is 1.58. The van der Waals surface area contributed by atoms with E-state index in [2.05, 4.69) is 11.9 Å². The van der Waals surface area contributed by atoms with Crippen LogP contribution in [0.3, 0.4) is 0 Å². The van der Waals surface area contributed by atoms with Gasteiger partial charge in [0.15, 0.2) is 0 Å². The third-order valence-corrected chi connectivity index (χ3v) is 4.83. The van der Waals surface area contributed by atoms with E-state index < -0.39 is 0 Å². The van der Waals surface area contributed by atoms with Gasteiger partial charge in [0.1, 0.15) is 5.75 Å². The van der Waals surface area contributed by atoms with Gasteiger partial charge in [-0.1, -0.05) is 18.2 Å². The minimum Gasteiger partial charge on any atom is -0.493 e. The number of nitrogens with one attached hydrogen (secondary N) is 1. The normalized spacial score (nSPS) is 22.5. The predicted molar refractivity (Wildman–Crippen MR) is 91.9 cm³/mol. The average Bonchev–Trinajstić information content (AvgIpc) is 3.03. The zero-order chi connectivity index (χ0) is 17.1. The Hall–Kier alpha value is -2.01. The Morgan fingerprint density at radius 2 is 2.25 bits per heavy atom. The second-order valence-corrected chi connectivity index (χ2v) is 6.72. The van der Waals surface area contributed by atoms with Crippen molar-refractivity contribution in [3.63, 3.8) is 0 Å². The van der Waals surface area contributed by atoms with Crippen LogP contribution >= 0.6 is 11.6 Å². The van der Waals surface area contributed by atoms with Crippen molar-refractivity contribution in [3.05, 3.63) is 41.4 Å². The van der Waals surface area contributed by atoms with Gasteiger partial charge >= 0.3 is 0 Å². The van der Waals surface area contributed by atoms with E-state index in [1.54, 1.807) is 11.0 Å². The first-order chi connectivity index (χ1) is 11.6. The second kappa shape index (κ2) is 7.26. The van der Waals surface area contributed by atoms with Gasteiger partial charge in [-0.3, -0.25) is 9.59 Å². The molecule has 3 rings (SSSR count). The molecule has 2 atom stereocenters. The van der Waals surface area contributed by atoms with Crippen molar-refractivity contribution in [3.8, 4) is 5.75 Å². The van der Waals surface area contributed by atoms with Crippen LogP contribution in [-0.4, -0.2) is 36.4 Å². The number of carbonyl (C=O) groups is 2. The van der Waals surface area contributed by atoms with Crippen LogP contribution in [0.25, 0.3) is 0 Å². The fourth-order valence-corrected chi connectivity index (χ4v) is 3.54. The minimum atomic E-state index is -0.0766. The smallest absolute Gasteiger partial charge is 0.245 e. The maximum absolute atomic E-state index is 12.4. The van der Waals surface area contributed by atoms with E-state index in [0.717, 1.165) is 24.2 Å². The van der Waals surface area contributed by atoms with Gasteiger partial charge in [0.05, 0.1) is 12.6 Å². The molecular formula is C18H21ClN2O3. The van der Waals surface area contributed by atoms with E-state index >= 15 is 0 Å². The molecule has 5 nitrogen and oxygen atoms in total. The Morgan fingerprint density at radius 3 is 3.04 bits per heavy atom. The van der Waals surface area contributed by atoms with Crippen LogP contribution in [0.5, 0.6) is 5.75 Å². The van der Waals surface area contributed by atoms with Crippen molar-refractivity contribution < 1.29 is 14.3 Å². The summed E-state index contributed by atoms with van der Waals surface area (Å²) in [5.41, 5.74) is 0.928. The predicted octanol–water partition coefficient (Wildman–Crippen LogP) is 2.70. The lowest BCUT2D eigenvalue weighted by Gasteiger charge is -2.27. The second-order valence-electron chi connectivity index (χ2n) is 6.29. The molecule has 1 saturated heterocycles. The summed E-state index contributed by atoms with van der Waals surface area (Å²) in [5.74, 6) is 0.920. The molecule has 0 radical (unpaired) electrons. The Bertz CT molecular complexity index is 662. The molecule has 2 unspecified atom stereocenters. The van der Waals surface area contributed by atoms with Crippen LogP contribution in [0, 0.1) is 5.92 Å². The van der Waals surface area contributed by atoms with Crippen LogP contribution < -0.4 is 10.1 Å². The van der Waals surface area contributed by atoms with Gasteiger partial charge in [-0.2, -0.15) is 0 Å². The van der Waals surface area contributed by atoms with Crippen molar-refractivity contribution in [2.75, 3.05) is 19.7 Å². The van der Waals surface area contributed by atoms with E-state index in [1.807, 2.05) is 12.1 Å². The van der Waals surface area contributed by atoms with Gasteiger partial charge in [-0.05, 0) is 36.6 Å². The number of benzene rings is 1. The fourth-order valence-electron chi connectivity index (χ4n) is 3.36. The Morgan fingerprint density at radius 1 is 1.42 bits per heavy atom. The largest absolute Gasteiger partial charge is 0.493 e. The summed E-state index contributed by atoms with van der Waals surface area (Å²) in [7, 11) is 0. The summed E-state index contributed by atoms with van der Waals surface area (Å²) < 4.78 is 5.61. The Labute approximate surface area is 146 Å². The van der Waals surface area contributed by atoms with Crippen molar-refractivity contribution in [1.82, 2.24) is 10.2 Å². The van der Waals surface area contributed by atoms with Gasteiger partial charge < -0.3 is 15.0 Å². The van der Waals surface area contributed by atoms with Crippen molar-refractivity contribution in [2.24, 2.45) is 5.92 Å². The minimum absolute atomic E-state index is 0.00530. The molecule has 1 N–H and O–H groups in total. The molecular weight excluding hydrogens is 328 g/mol. The molecule has 2 aliphatic rings. The number of nitrogens with zero attached hydrogens (tertiary/aromatic N) is 1. The summed E-state index contributed by atoms with van der Waals surface area (Å²) >= 11 is 6.06. The van der Waals surface area contributed by atoms with E-state index in [4.69, 9.17) is 16.3 Å². The van der Waals surface area contributed by atoms with E-state index in [0.29, 0.717) is 31.1 Å². The van der Waals surface area contributed by atoms with Gasteiger partial charge in [-0.25, -0.2) is 0 Å². The SMILES string of the molecule is C=CC(=O)N1CCC(CC(=O)NC2CCOc3ccc(Cl)cc32)C1. The summed E-state index contributed by atoms with van der Waals surface area (Å²) in [4.78, 5) is 25.8. The van der Waals surface area contributed by atoms with Gasteiger partial charge in [0.2, 0.25) is 11.8 Å². The lowest BCUT2D eigenvalue weighted by molar-refractivity contribution is -0.126. The number of likely N-dealkylation sites (tertiary alicyclic amines) is 1. The van der Waals surface area contributed by atoms with Crippen LogP contribution in [-0.2, 0) is 9.59 Å². The highest BCUT2D eigenvalue weighted by atomic mass is 35.5. The van der Waals surface area contributed by atoms with Crippen molar-refractivity contribution >= 4 is 23.4 Å². The number of rotatable bonds is 4. The van der Waals surface area contributed by atoms with Gasteiger partial charge in [0.25, 0.3) is 0 Å². The molecule has 2 aliphatic heterocycles. The number of carbonyl (C=O) groups excluding carboxylic acids is 2. The highest BCUT2D eigenvalue weighted by molar-refractivity contribution is 6.30. The molecule has 0 aliphatic carbocycles. The number of hydrogen-bond donors (Lipinski definition) is 1. The number of halogens is 1. The average molecular weight is 349 g/mol. The topological polar surface area (TPSA) is 58.6 Å².